The van der Waals surface area contributed by atoms with Gasteiger partial charge in [0.2, 0.25) is 0 Å². The molecule has 0 saturated carbocycles. The Morgan fingerprint density at radius 1 is 0.378 bits per heavy atom. The second-order valence-corrected chi connectivity index (χ2v) is 7.26. The molecule has 37 heavy (non-hydrogen) atoms. The molecule has 0 rings (SSSR count). The van der Waals surface area contributed by atoms with Crippen LogP contribution in [0.25, 0.3) is 0 Å². The number of rotatable bonds is 33. The second-order valence-electron chi connectivity index (χ2n) is 7.26. The van der Waals surface area contributed by atoms with E-state index in [0.717, 1.165) is 0 Å². The summed E-state index contributed by atoms with van der Waals surface area (Å²) in [5.74, 6) is -0.872. The minimum Gasteiger partial charge on any atom is -0.481 e. The lowest BCUT2D eigenvalue weighted by atomic mass is 10.5. The zero-order valence-electron chi connectivity index (χ0n) is 22.4. The molecule has 0 unspecified atom stereocenters. The molecule has 0 aliphatic heterocycles. The summed E-state index contributed by atoms with van der Waals surface area (Å²) in [5.41, 5.74) is 0. The van der Waals surface area contributed by atoms with Crippen LogP contribution in [-0.2, 0) is 56.9 Å². The van der Waals surface area contributed by atoms with Crippen molar-refractivity contribution in [3.05, 3.63) is 0 Å². The van der Waals surface area contributed by atoms with Gasteiger partial charge in [0, 0.05) is 7.11 Å². The molecule has 0 aliphatic carbocycles. The number of methoxy groups -OCH3 is 1. The Kier molecular flexibility index (Phi) is 32.2. The van der Waals surface area contributed by atoms with E-state index in [1.165, 1.54) is 0 Å². The van der Waals surface area contributed by atoms with Crippen molar-refractivity contribution in [1.29, 1.82) is 0 Å². The third-order valence-corrected chi connectivity index (χ3v) is 4.24. The van der Waals surface area contributed by atoms with Crippen molar-refractivity contribution in [1.82, 2.24) is 0 Å². The maximum Gasteiger partial charge on any atom is 0.305 e. The fourth-order valence-corrected chi connectivity index (χ4v) is 2.38. The minimum atomic E-state index is -0.872. The van der Waals surface area contributed by atoms with Crippen molar-refractivity contribution in [2.45, 2.75) is 6.42 Å². The average molecular weight is 545 g/mol. The summed E-state index contributed by atoms with van der Waals surface area (Å²) in [5, 5.41) is 8.46. The molecule has 0 fully saturated rings. The number of hydrogen-bond acceptors (Lipinski definition) is 12. The lowest BCUT2D eigenvalue weighted by Gasteiger charge is -2.09. The van der Waals surface area contributed by atoms with Crippen molar-refractivity contribution < 1.29 is 62.0 Å². The Labute approximate surface area is 220 Å². The van der Waals surface area contributed by atoms with Crippen LogP contribution in [-0.4, -0.2) is 157 Å². The molecule has 0 bridgehead atoms. The molecule has 0 amide bonds. The standard InChI is InChI=1S/C24H48O13/c1-27-4-5-29-8-9-31-12-13-33-16-17-35-20-21-37-23-22-36-19-18-34-15-14-32-11-10-30-7-6-28-3-2-24(25)26/h2-23H2,1H3,(H,25,26). The van der Waals surface area contributed by atoms with Crippen molar-refractivity contribution in [3.8, 4) is 0 Å². The van der Waals surface area contributed by atoms with E-state index >= 15 is 0 Å². The monoisotopic (exact) mass is 544 g/mol. The minimum absolute atomic E-state index is 0.000560. The Morgan fingerprint density at radius 3 is 0.757 bits per heavy atom. The Bertz CT molecular complexity index is 443. The Balaban J connectivity index is 3.02. The van der Waals surface area contributed by atoms with E-state index in [1.54, 1.807) is 7.11 Å². The molecule has 0 aromatic heterocycles. The summed E-state index contributed by atoms with van der Waals surface area (Å²) in [6.07, 6.45) is 0.000560. The van der Waals surface area contributed by atoms with E-state index in [1.807, 2.05) is 0 Å². The molecule has 0 aliphatic rings. The summed E-state index contributed by atoms with van der Waals surface area (Å²) in [6, 6.07) is 0. The van der Waals surface area contributed by atoms with E-state index in [-0.39, 0.29) is 13.0 Å². The van der Waals surface area contributed by atoms with Crippen molar-refractivity contribution >= 4 is 5.97 Å². The summed E-state index contributed by atoms with van der Waals surface area (Å²) >= 11 is 0. The van der Waals surface area contributed by atoms with Crippen LogP contribution in [0.2, 0.25) is 0 Å². The van der Waals surface area contributed by atoms with E-state index in [9.17, 15) is 4.79 Å². The van der Waals surface area contributed by atoms with Crippen molar-refractivity contribution in [2.24, 2.45) is 0 Å². The molecule has 13 heteroatoms. The van der Waals surface area contributed by atoms with Gasteiger partial charge < -0.3 is 57.2 Å². The van der Waals surface area contributed by atoms with Crippen LogP contribution < -0.4 is 0 Å². The third kappa shape index (κ3) is 35.0. The highest BCUT2D eigenvalue weighted by Crippen LogP contribution is 1.87. The number of carboxylic acid groups (broad SMARTS) is 1. The smallest absolute Gasteiger partial charge is 0.305 e. The Hall–Kier alpha value is -0.970. The molecular formula is C24H48O13. The van der Waals surface area contributed by atoms with Crippen LogP contribution in [0.15, 0.2) is 0 Å². The van der Waals surface area contributed by atoms with Gasteiger partial charge in [-0.05, 0) is 0 Å². The van der Waals surface area contributed by atoms with E-state index in [4.69, 9.17) is 57.2 Å². The summed E-state index contributed by atoms with van der Waals surface area (Å²) in [7, 11) is 1.64. The van der Waals surface area contributed by atoms with Crippen LogP contribution in [0, 0.1) is 0 Å². The molecule has 0 aromatic carbocycles. The van der Waals surface area contributed by atoms with Gasteiger partial charge in [-0.15, -0.1) is 0 Å². The quantitative estimate of drug-likeness (QED) is 0.113. The van der Waals surface area contributed by atoms with Gasteiger partial charge >= 0.3 is 5.97 Å². The highest BCUT2D eigenvalue weighted by molar-refractivity contribution is 5.66. The predicted octanol–water partition coefficient (Wildman–Crippen LogP) is 0.274. The van der Waals surface area contributed by atoms with E-state index in [2.05, 4.69) is 0 Å². The first kappa shape index (κ1) is 36.0. The van der Waals surface area contributed by atoms with Crippen LogP contribution in [0.3, 0.4) is 0 Å². The van der Waals surface area contributed by atoms with Gasteiger partial charge in [-0.3, -0.25) is 4.79 Å². The van der Waals surface area contributed by atoms with Gasteiger partial charge in [-0.25, -0.2) is 0 Å². The Morgan fingerprint density at radius 2 is 0.568 bits per heavy atom. The van der Waals surface area contributed by atoms with Gasteiger partial charge in [0.05, 0.1) is 145 Å². The molecule has 0 aromatic rings. The lowest BCUT2D eigenvalue weighted by molar-refractivity contribution is -0.138. The number of carboxylic acids is 1. The van der Waals surface area contributed by atoms with Crippen LogP contribution in [0.4, 0.5) is 0 Å². The summed E-state index contributed by atoms with van der Waals surface area (Å²) in [4.78, 5) is 10.3. The zero-order valence-corrected chi connectivity index (χ0v) is 22.4. The fourth-order valence-electron chi connectivity index (χ4n) is 2.38. The summed E-state index contributed by atoms with van der Waals surface area (Å²) in [6.45, 7) is 10.2. The van der Waals surface area contributed by atoms with Gasteiger partial charge in [0.25, 0.3) is 0 Å². The van der Waals surface area contributed by atoms with Crippen LogP contribution in [0.5, 0.6) is 0 Å². The number of aliphatic carboxylic acids is 1. The highest BCUT2D eigenvalue weighted by atomic mass is 16.6. The molecule has 0 saturated heterocycles. The summed E-state index contributed by atoms with van der Waals surface area (Å²) < 4.78 is 58.4. The maximum absolute atomic E-state index is 10.3. The first-order valence-electron chi connectivity index (χ1n) is 12.8. The molecule has 0 spiro atoms. The zero-order chi connectivity index (χ0) is 26.9. The lowest BCUT2D eigenvalue weighted by Crippen LogP contribution is -2.15. The van der Waals surface area contributed by atoms with E-state index < -0.39 is 5.97 Å². The molecule has 13 nitrogen and oxygen atoms in total. The number of hydrogen-bond donors (Lipinski definition) is 1. The number of ether oxygens (including phenoxy) is 11. The molecule has 0 heterocycles. The maximum atomic E-state index is 10.3. The largest absolute Gasteiger partial charge is 0.481 e. The third-order valence-electron chi connectivity index (χ3n) is 4.24. The normalized spacial score (nSPS) is 11.4. The highest BCUT2D eigenvalue weighted by Gasteiger charge is 1.97. The van der Waals surface area contributed by atoms with E-state index in [0.29, 0.717) is 132 Å². The molecule has 222 valence electrons. The molecule has 0 atom stereocenters. The fraction of sp³-hybridized carbons (Fsp3) is 0.958. The van der Waals surface area contributed by atoms with Gasteiger partial charge in [0.15, 0.2) is 0 Å². The first-order chi connectivity index (χ1) is 18.3. The molecule has 0 radical (unpaired) electrons. The molecular weight excluding hydrogens is 496 g/mol. The van der Waals surface area contributed by atoms with Crippen LogP contribution >= 0.6 is 0 Å². The van der Waals surface area contributed by atoms with Crippen molar-refractivity contribution in [3.63, 3.8) is 0 Å². The SMILES string of the molecule is COCCOCCOCCOCCOCCOCCOCCOCCOCCOCCOCCC(=O)O. The van der Waals surface area contributed by atoms with Crippen LogP contribution in [0.1, 0.15) is 6.42 Å². The number of carbonyl (C=O) groups is 1. The second kappa shape index (κ2) is 33.1. The predicted molar refractivity (Wildman–Crippen MR) is 132 cm³/mol. The van der Waals surface area contributed by atoms with Crippen molar-refractivity contribution in [2.75, 3.05) is 146 Å². The van der Waals surface area contributed by atoms with Gasteiger partial charge in [-0.2, -0.15) is 0 Å². The van der Waals surface area contributed by atoms with Gasteiger partial charge in [-0.1, -0.05) is 0 Å². The topological polar surface area (TPSA) is 139 Å². The first-order valence-corrected chi connectivity index (χ1v) is 12.8. The molecule has 1 N–H and O–H groups in total. The average Bonchev–Trinajstić information content (AvgIpc) is 2.89. The van der Waals surface area contributed by atoms with Gasteiger partial charge in [0.1, 0.15) is 0 Å².